The topological polar surface area (TPSA) is 52.6 Å². The lowest BCUT2D eigenvalue weighted by Crippen LogP contribution is -2.28. The molecule has 0 aliphatic carbocycles. The van der Waals surface area contributed by atoms with Gasteiger partial charge in [-0.3, -0.25) is 9.69 Å². The highest BCUT2D eigenvalue weighted by atomic mass is 16.3. The highest BCUT2D eigenvalue weighted by molar-refractivity contribution is 5.80. The van der Waals surface area contributed by atoms with E-state index < -0.39 is 0 Å². The number of phenols is 1. The molecule has 0 radical (unpaired) electrons. The molecule has 0 spiro atoms. The van der Waals surface area contributed by atoms with E-state index in [1.165, 1.54) is 12.8 Å². The maximum atomic E-state index is 11.5. The summed E-state index contributed by atoms with van der Waals surface area (Å²) >= 11 is 0. The number of rotatable bonds is 5. The fourth-order valence-corrected chi connectivity index (χ4v) is 2.33. The molecule has 0 bridgehead atoms. The van der Waals surface area contributed by atoms with Gasteiger partial charge >= 0.3 is 0 Å². The van der Waals surface area contributed by atoms with Crippen LogP contribution < -0.4 is 5.32 Å². The van der Waals surface area contributed by atoms with Gasteiger partial charge in [-0.05, 0) is 24.1 Å². The summed E-state index contributed by atoms with van der Waals surface area (Å²) in [7, 11) is 0. The molecule has 1 aliphatic rings. The van der Waals surface area contributed by atoms with E-state index in [1.807, 2.05) is 6.07 Å². The predicted octanol–water partition coefficient (Wildman–Crippen LogP) is 2.01. The van der Waals surface area contributed by atoms with Crippen LogP contribution in [0.5, 0.6) is 5.75 Å². The summed E-state index contributed by atoms with van der Waals surface area (Å²) in [4.78, 5) is 13.7. The maximum Gasteiger partial charge on any atom is 0.235 e. The van der Waals surface area contributed by atoms with Gasteiger partial charge in [0.15, 0.2) is 0 Å². The van der Waals surface area contributed by atoms with Crippen LogP contribution in [0.1, 0.15) is 37.9 Å². The molecule has 98 valence electrons. The van der Waals surface area contributed by atoms with Crippen LogP contribution in [0.2, 0.25) is 0 Å². The van der Waals surface area contributed by atoms with Crippen LogP contribution in [0.15, 0.2) is 24.3 Å². The van der Waals surface area contributed by atoms with Gasteiger partial charge in [0.25, 0.3) is 0 Å². The number of aromatic hydroxyl groups is 1. The third-order valence-electron chi connectivity index (χ3n) is 3.24. The summed E-state index contributed by atoms with van der Waals surface area (Å²) in [5, 5.41) is 12.5. The van der Waals surface area contributed by atoms with E-state index in [4.69, 9.17) is 0 Å². The molecule has 1 aromatic rings. The predicted molar refractivity (Wildman–Crippen MR) is 70.1 cm³/mol. The second-order valence-corrected chi connectivity index (χ2v) is 4.74. The molecule has 18 heavy (non-hydrogen) atoms. The quantitative estimate of drug-likeness (QED) is 0.784. The fourth-order valence-electron chi connectivity index (χ4n) is 2.33. The van der Waals surface area contributed by atoms with Crippen LogP contribution in [0.25, 0.3) is 0 Å². The monoisotopic (exact) mass is 248 g/mol. The van der Waals surface area contributed by atoms with Crippen LogP contribution in [-0.2, 0) is 4.79 Å². The van der Waals surface area contributed by atoms with Crippen LogP contribution in [0.4, 0.5) is 0 Å². The molecule has 4 nitrogen and oxygen atoms in total. The van der Waals surface area contributed by atoms with Crippen molar-refractivity contribution in [1.29, 1.82) is 0 Å². The smallest absolute Gasteiger partial charge is 0.235 e. The largest absolute Gasteiger partial charge is 0.508 e. The van der Waals surface area contributed by atoms with Gasteiger partial charge in [-0.2, -0.15) is 0 Å². The second kappa shape index (κ2) is 5.87. The number of amides is 1. The van der Waals surface area contributed by atoms with Crippen molar-refractivity contribution in [2.45, 2.75) is 32.4 Å². The van der Waals surface area contributed by atoms with E-state index >= 15 is 0 Å². The van der Waals surface area contributed by atoms with E-state index in [2.05, 4.69) is 17.1 Å². The van der Waals surface area contributed by atoms with Gasteiger partial charge in [0.2, 0.25) is 5.91 Å². The number of benzene rings is 1. The molecular formula is C14H20N2O2. The number of hydrogen-bond acceptors (Lipinski definition) is 3. The van der Waals surface area contributed by atoms with Crippen molar-refractivity contribution in [2.24, 2.45) is 0 Å². The third kappa shape index (κ3) is 3.01. The molecule has 2 N–H and O–H groups in total. The van der Waals surface area contributed by atoms with Gasteiger partial charge in [-0.25, -0.2) is 0 Å². The maximum absolute atomic E-state index is 11.5. The number of nitrogens with one attached hydrogen (secondary N) is 1. The van der Waals surface area contributed by atoms with E-state index in [9.17, 15) is 9.90 Å². The Balaban J connectivity index is 2.07. The molecule has 0 saturated carbocycles. The molecule has 1 atom stereocenters. The first-order chi connectivity index (χ1) is 8.70. The lowest BCUT2D eigenvalue weighted by molar-refractivity contribution is -0.118. The summed E-state index contributed by atoms with van der Waals surface area (Å²) in [6, 6.07) is 7.09. The van der Waals surface area contributed by atoms with Gasteiger partial charge < -0.3 is 10.4 Å². The van der Waals surface area contributed by atoms with Crippen molar-refractivity contribution in [3.05, 3.63) is 29.8 Å². The molecular weight excluding hydrogens is 228 g/mol. The van der Waals surface area contributed by atoms with Crippen molar-refractivity contribution in [2.75, 3.05) is 13.1 Å². The van der Waals surface area contributed by atoms with Crippen LogP contribution >= 0.6 is 0 Å². The standard InChI is InChI=1S/C14H20N2O2/c1-2-3-4-8-16-10-13(18)15-14(16)11-6-5-7-12(17)9-11/h5-7,9,14,17H,2-4,8,10H2,1H3,(H,15,18). The van der Waals surface area contributed by atoms with Crippen LogP contribution in [-0.4, -0.2) is 29.0 Å². The summed E-state index contributed by atoms with van der Waals surface area (Å²) < 4.78 is 0. The van der Waals surface area contributed by atoms with Crippen molar-refractivity contribution in [1.82, 2.24) is 10.2 Å². The first-order valence-corrected chi connectivity index (χ1v) is 6.53. The van der Waals surface area contributed by atoms with E-state index in [0.29, 0.717) is 6.54 Å². The Morgan fingerprint density at radius 2 is 2.28 bits per heavy atom. The Morgan fingerprint density at radius 1 is 1.44 bits per heavy atom. The molecule has 1 saturated heterocycles. The lowest BCUT2D eigenvalue weighted by Gasteiger charge is -2.23. The SMILES string of the molecule is CCCCCN1CC(=O)NC1c1cccc(O)c1. The molecule has 4 heteroatoms. The van der Waals surface area contributed by atoms with Gasteiger partial charge in [0.1, 0.15) is 11.9 Å². The minimum Gasteiger partial charge on any atom is -0.508 e. The van der Waals surface area contributed by atoms with Gasteiger partial charge in [0.05, 0.1) is 6.54 Å². The summed E-state index contributed by atoms with van der Waals surface area (Å²) in [6.07, 6.45) is 3.35. The Labute approximate surface area is 108 Å². The third-order valence-corrected chi connectivity index (χ3v) is 3.24. The molecule has 1 aromatic carbocycles. The molecule has 1 heterocycles. The summed E-state index contributed by atoms with van der Waals surface area (Å²) in [5.74, 6) is 0.294. The van der Waals surface area contributed by atoms with Crippen molar-refractivity contribution in [3.8, 4) is 5.75 Å². The number of carbonyl (C=O) groups is 1. The zero-order chi connectivity index (χ0) is 13.0. The highest BCUT2D eigenvalue weighted by Crippen LogP contribution is 2.25. The Kier molecular flexibility index (Phi) is 4.20. The normalized spacial score (nSPS) is 20.1. The Morgan fingerprint density at radius 3 is 3.00 bits per heavy atom. The van der Waals surface area contributed by atoms with Crippen LogP contribution in [0.3, 0.4) is 0 Å². The molecule has 2 rings (SSSR count). The molecule has 1 amide bonds. The average Bonchev–Trinajstić information content (AvgIpc) is 2.71. The molecule has 1 fully saturated rings. The fraction of sp³-hybridized carbons (Fsp3) is 0.500. The number of unbranched alkanes of at least 4 members (excludes halogenated alkanes) is 2. The first-order valence-electron chi connectivity index (χ1n) is 6.53. The van der Waals surface area contributed by atoms with Gasteiger partial charge in [0, 0.05) is 6.54 Å². The minimum absolute atomic E-state index is 0.0554. The van der Waals surface area contributed by atoms with Crippen molar-refractivity contribution in [3.63, 3.8) is 0 Å². The number of hydrogen-bond donors (Lipinski definition) is 2. The molecule has 0 aromatic heterocycles. The highest BCUT2D eigenvalue weighted by Gasteiger charge is 2.30. The lowest BCUT2D eigenvalue weighted by atomic mass is 10.1. The zero-order valence-electron chi connectivity index (χ0n) is 10.7. The number of phenolic OH excluding ortho intramolecular Hbond substituents is 1. The minimum atomic E-state index is -0.0959. The summed E-state index contributed by atoms with van der Waals surface area (Å²) in [6.45, 7) is 3.52. The first kappa shape index (κ1) is 12.9. The van der Waals surface area contributed by atoms with Crippen molar-refractivity contribution < 1.29 is 9.90 Å². The van der Waals surface area contributed by atoms with E-state index in [1.54, 1.807) is 18.2 Å². The second-order valence-electron chi connectivity index (χ2n) is 4.74. The van der Waals surface area contributed by atoms with Gasteiger partial charge in [-0.15, -0.1) is 0 Å². The van der Waals surface area contributed by atoms with Crippen molar-refractivity contribution >= 4 is 5.91 Å². The van der Waals surface area contributed by atoms with E-state index in [0.717, 1.165) is 18.5 Å². The average molecular weight is 248 g/mol. The number of nitrogens with zero attached hydrogens (tertiary/aromatic N) is 1. The Bertz CT molecular complexity index is 420. The van der Waals surface area contributed by atoms with E-state index in [-0.39, 0.29) is 17.8 Å². The summed E-state index contributed by atoms with van der Waals surface area (Å²) in [5.41, 5.74) is 0.942. The number of carbonyl (C=O) groups excluding carboxylic acids is 1. The molecule has 1 unspecified atom stereocenters. The van der Waals surface area contributed by atoms with Gasteiger partial charge in [-0.1, -0.05) is 31.9 Å². The Hall–Kier alpha value is -1.55. The molecule has 1 aliphatic heterocycles. The zero-order valence-corrected chi connectivity index (χ0v) is 10.7. The van der Waals surface area contributed by atoms with Crippen LogP contribution in [0, 0.1) is 0 Å².